The minimum absolute atomic E-state index is 0.0255. The molecule has 0 saturated heterocycles. The summed E-state index contributed by atoms with van der Waals surface area (Å²) in [7, 11) is 0. The van der Waals surface area contributed by atoms with Crippen LogP contribution in [0.25, 0.3) is 0 Å². The van der Waals surface area contributed by atoms with Crippen LogP contribution in [0.15, 0.2) is 10.6 Å². The van der Waals surface area contributed by atoms with Crippen LogP contribution in [0.1, 0.15) is 24.4 Å². The Morgan fingerprint density at radius 2 is 2.44 bits per heavy atom. The first-order chi connectivity index (χ1) is 4.20. The van der Waals surface area contributed by atoms with Crippen LogP contribution in [-0.2, 0) is 0 Å². The molecule has 0 bridgehead atoms. The zero-order valence-electron chi connectivity index (χ0n) is 5.59. The first kappa shape index (κ1) is 6.29. The molecule has 0 amide bonds. The van der Waals surface area contributed by atoms with Crippen molar-refractivity contribution in [1.82, 2.24) is 5.16 Å². The monoisotopic (exact) mass is 126 g/mol. The molecule has 0 aliphatic rings. The van der Waals surface area contributed by atoms with Crippen LogP contribution in [0.3, 0.4) is 0 Å². The topological polar surface area (TPSA) is 52.0 Å². The van der Waals surface area contributed by atoms with Gasteiger partial charge in [-0.05, 0) is 13.8 Å². The largest absolute Gasteiger partial charge is 0.361 e. The number of aromatic nitrogens is 1. The molecular weight excluding hydrogens is 116 g/mol. The van der Waals surface area contributed by atoms with Crippen LogP contribution < -0.4 is 5.73 Å². The second kappa shape index (κ2) is 2.19. The van der Waals surface area contributed by atoms with Crippen LogP contribution in [0.5, 0.6) is 0 Å². The van der Waals surface area contributed by atoms with Gasteiger partial charge in [0, 0.05) is 12.1 Å². The van der Waals surface area contributed by atoms with E-state index in [1.807, 2.05) is 19.9 Å². The van der Waals surface area contributed by atoms with Gasteiger partial charge >= 0.3 is 0 Å². The fourth-order valence-corrected chi connectivity index (χ4v) is 0.600. The van der Waals surface area contributed by atoms with Crippen LogP contribution >= 0.6 is 0 Å². The number of aryl methyl sites for hydroxylation is 1. The third kappa shape index (κ3) is 1.29. The van der Waals surface area contributed by atoms with Crippen molar-refractivity contribution in [2.75, 3.05) is 0 Å². The standard InChI is InChI=1S/C6H10N2O/c1-4-3-6(5(2)7)8-9-4/h3,5H,7H2,1-2H3/t5-/m0/s1. The maximum atomic E-state index is 5.50. The molecule has 0 saturated carbocycles. The van der Waals surface area contributed by atoms with Gasteiger partial charge in [-0.25, -0.2) is 0 Å². The van der Waals surface area contributed by atoms with E-state index in [1.165, 1.54) is 0 Å². The second-order valence-electron chi connectivity index (χ2n) is 2.15. The molecule has 0 radical (unpaired) electrons. The predicted molar refractivity (Wildman–Crippen MR) is 33.8 cm³/mol. The van der Waals surface area contributed by atoms with Crippen molar-refractivity contribution in [2.45, 2.75) is 19.9 Å². The first-order valence-corrected chi connectivity index (χ1v) is 2.89. The molecule has 0 aliphatic carbocycles. The molecule has 1 aromatic heterocycles. The fraction of sp³-hybridized carbons (Fsp3) is 0.500. The molecule has 0 aliphatic heterocycles. The Kier molecular flexibility index (Phi) is 1.53. The molecule has 3 nitrogen and oxygen atoms in total. The Balaban J connectivity index is 2.85. The van der Waals surface area contributed by atoms with Crippen LogP contribution in [0, 0.1) is 6.92 Å². The fourth-order valence-electron chi connectivity index (χ4n) is 0.600. The lowest BCUT2D eigenvalue weighted by Crippen LogP contribution is -2.04. The highest BCUT2D eigenvalue weighted by atomic mass is 16.5. The van der Waals surface area contributed by atoms with E-state index >= 15 is 0 Å². The summed E-state index contributed by atoms with van der Waals surface area (Å²) in [5.41, 5.74) is 6.32. The summed E-state index contributed by atoms with van der Waals surface area (Å²) in [6.07, 6.45) is 0. The number of hydrogen-bond acceptors (Lipinski definition) is 3. The molecule has 2 N–H and O–H groups in total. The Bertz CT molecular complexity index is 193. The van der Waals surface area contributed by atoms with Gasteiger partial charge in [-0.15, -0.1) is 0 Å². The molecule has 1 rings (SSSR count). The van der Waals surface area contributed by atoms with Gasteiger partial charge in [-0.3, -0.25) is 0 Å². The summed E-state index contributed by atoms with van der Waals surface area (Å²) in [5, 5.41) is 3.72. The minimum atomic E-state index is -0.0255. The highest BCUT2D eigenvalue weighted by Crippen LogP contribution is 2.07. The van der Waals surface area contributed by atoms with E-state index in [4.69, 9.17) is 10.3 Å². The molecule has 1 heterocycles. The van der Waals surface area contributed by atoms with E-state index in [1.54, 1.807) is 0 Å². The third-order valence-corrected chi connectivity index (χ3v) is 1.11. The van der Waals surface area contributed by atoms with Crippen molar-refractivity contribution >= 4 is 0 Å². The molecule has 3 heteroatoms. The Morgan fingerprint density at radius 1 is 1.78 bits per heavy atom. The lowest BCUT2D eigenvalue weighted by Gasteiger charge is -1.93. The first-order valence-electron chi connectivity index (χ1n) is 2.89. The molecule has 0 unspecified atom stereocenters. The smallest absolute Gasteiger partial charge is 0.133 e. The van der Waals surface area contributed by atoms with E-state index in [-0.39, 0.29) is 6.04 Å². The molecule has 1 atom stereocenters. The highest BCUT2D eigenvalue weighted by molar-refractivity contribution is 5.06. The van der Waals surface area contributed by atoms with Gasteiger partial charge in [-0.2, -0.15) is 0 Å². The third-order valence-electron chi connectivity index (χ3n) is 1.11. The molecule has 0 fully saturated rings. The lowest BCUT2D eigenvalue weighted by atomic mass is 10.2. The van der Waals surface area contributed by atoms with Crippen LogP contribution in [0.2, 0.25) is 0 Å². The lowest BCUT2D eigenvalue weighted by molar-refractivity contribution is 0.387. The molecular formula is C6H10N2O. The van der Waals surface area contributed by atoms with Crippen molar-refractivity contribution < 1.29 is 4.52 Å². The number of nitrogens with zero attached hydrogens (tertiary/aromatic N) is 1. The summed E-state index contributed by atoms with van der Waals surface area (Å²) in [5.74, 6) is 0.808. The van der Waals surface area contributed by atoms with Gasteiger partial charge in [0.05, 0.1) is 0 Å². The quantitative estimate of drug-likeness (QED) is 0.610. The maximum absolute atomic E-state index is 5.50. The van der Waals surface area contributed by atoms with E-state index in [0.717, 1.165) is 11.5 Å². The van der Waals surface area contributed by atoms with Gasteiger partial charge < -0.3 is 10.3 Å². The van der Waals surface area contributed by atoms with Crippen molar-refractivity contribution in [3.63, 3.8) is 0 Å². The molecule has 9 heavy (non-hydrogen) atoms. The summed E-state index contributed by atoms with van der Waals surface area (Å²) < 4.78 is 4.80. The Morgan fingerprint density at radius 3 is 2.67 bits per heavy atom. The number of nitrogens with two attached hydrogens (primary N) is 1. The molecule has 0 spiro atoms. The van der Waals surface area contributed by atoms with Gasteiger partial charge in [0.25, 0.3) is 0 Å². The zero-order chi connectivity index (χ0) is 6.85. The van der Waals surface area contributed by atoms with Crippen molar-refractivity contribution in [1.29, 1.82) is 0 Å². The average molecular weight is 126 g/mol. The van der Waals surface area contributed by atoms with E-state index in [2.05, 4.69) is 5.16 Å². The Labute approximate surface area is 53.8 Å². The minimum Gasteiger partial charge on any atom is -0.361 e. The average Bonchev–Trinajstić information content (AvgIpc) is 2.14. The van der Waals surface area contributed by atoms with Crippen LogP contribution in [0.4, 0.5) is 0 Å². The van der Waals surface area contributed by atoms with Gasteiger partial charge in [0.2, 0.25) is 0 Å². The zero-order valence-corrected chi connectivity index (χ0v) is 5.59. The van der Waals surface area contributed by atoms with Crippen LogP contribution in [-0.4, -0.2) is 5.16 Å². The highest BCUT2D eigenvalue weighted by Gasteiger charge is 2.02. The van der Waals surface area contributed by atoms with Gasteiger partial charge in [0.15, 0.2) is 0 Å². The summed E-state index contributed by atoms with van der Waals surface area (Å²) in [6.45, 7) is 3.72. The van der Waals surface area contributed by atoms with Gasteiger partial charge in [0.1, 0.15) is 11.5 Å². The summed E-state index contributed by atoms with van der Waals surface area (Å²) in [4.78, 5) is 0. The van der Waals surface area contributed by atoms with Crippen molar-refractivity contribution in [3.05, 3.63) is 17.5 Å². The second-order valence-corrected chi connectivity index (χ2v) is 2.15. The molecule has 1 aromatic rings. The van der Waals surface area contributed by atoms with Crippen molar-refractivity contribution in [3.8, 4) is 0 Å². The van der Waals surface area contributed by atoms with Crippen molar-refractivity contribution in [2.24, 2.45) is 5.73 Å². The van der Waals surface area contributed by atoms with E-state index in [0.29, 0.717) is 0 Å². The predicted octanol–water partition coefficient (Wildman–Crippen LogP) is 1.00. The van der Waals surface area contributed by atoms with E-state index < -0.39 is 0 Å². The number of hydrogen-bond donors (Lipinski definition) is 1. The normalized spacial score (nSPS) is 13.7. The SMILES string of the molecule is Cc1cc([C@H](C)N)no1. The van der Waals surface area contributed by atoms with Gasteiger partial charge in [-0.1, -0.05) is 5.16 Å². The summed E-state index contributed by atoms with van der Waals surface area (Å²) >= 11 is 0. The van der Waals surface area contributed by atoms with E-state index in [9.17, 15) is 0 Å². The molecule has 50 valence electrons. The molecule has 0 aromatic carbocycles. The maximum Gasteiger partial charge on any atom is 0.133 e. The summed E-state index contributed by atoms with van der Waals surface area (Å²) in [6, 6.07) is 1.81. The number of rotatable bonds is 1. The Hall–Kier alpha value is -0.830.